The average molecular weight is 410 g/mol. The van der Waals surface area contributed by atoms with Gasteiger partial charge in [0.1, 0.15) is 5.70 Å². The van der Waals surface area contributed by atoms with Gasteiger partial charge in [0.25, 0.3) is 17.5 Å². The summed E-state index contributed by atoms with van der Waals surface area (Å²) >= 11 is 0. The molecule has 0 saturated heterocycles. The first-order valence-electron chi connectivity index (χ1n) is 8.82. The highest BCUT2D eigenvalue weighted by Gasteiger charge is 2.22. The van der Waals surface area contributed by atoms with E-state index in [9.17, 15) is 19.7 Å². The lowest BCUT2D eigenvalue weighted by Gasteiger charge is -2.10. The quantitative estimate of drug-likeness (QED) is 0.325. The third kappa shape index (κ3) is 4.61. The predicted molar refractivity (Wildman–Crippen MR) is 107 cm³/mol. The Labute approximate surface area is 171 Å². The summed E-state index contributed by atoms with van der Waals surface area (Å²) in [6.07, 6.45) is 1.12. The number of hydrazone groups is 1. The van der Waals surface area contributed by atoms with Gasteiger partial charge in [0.2, 0.25) is 6.79 Å². The molecule has 10 heteroatoms. The molecule has 0 saturated carbocycles. The third-order valence-electron chi connectivity index (χ3n) is 4.09. The zero-order chi connectivity index (χ0) is 21.7. The van der Waals surface area contributed by atoms with Crippen molar-refractivity contribution >= 4 is 23.7 Å². The first-order chi connectivity index (χ1) is 14.4. The Hall–Kier alpha value is -4.21. The smallest absolute Gasteiger partial charge is 0.287 e. The highest BCUT2D eigenvalue weighted by Crippen LogP contribution is 2.37. The largest absolute Gasteiger partial charge is 0.454 e. The topological polar surface area (TPSA) is 132 Å². The number of amides is 2. The molecule has 1 aliphatic rings. The lowest BCUT2D eigenvalue weighted by atomic mass is 10.1. The number of hydrogen-bond donors (Lipinski definition) is 2. The minimum absolute atomic E-state index is 0.0289. The third-order valence-corrected chi connectivity index (χ3v) is 4.09. The maximum atomic E-state index is 12.5. The molecule has 1 aliphatic heterocycles. The average Bonchev–Trinajstić information content (AvgIpc) is 3.18. The van der Waals surface area contributed by atoms with E-state index in [-0.39, 0.29) is 29.5 Å². The van der Waals surface area contributed by atoms with E-state index in [1.807, 2.05) is 0 Å². The van der Waals surface area contributed by atoms with Crippen LogP contribution in [0.4, 0.5) is 5.69 Å². The van der Waals surface area contributed by atoms with Crippen molar-refractivity contribution in [3.8, 4) is 11.5 Å². The van der Waals surface area contributed by atoms with Crippen LogP contribution >= 0.6 is 0 Å². The number of ether oxygens (including phenoxy) is 2. The molecule has 154 valence electrons. The van der Waals surface area contributed by atoms with Gasteiger partial charge in [0, 0.05) is 5.56 Å². The molecule has 10 nitrogen and oxygen atoms in total. The van der Waals surface area contributed by atoms with Gasteiger partial charge in [-0.25, -0.2) is 5.43 Å². The number of fused-ring (bicyclic) bond motifs is 1. The van der Waals surface area contributed by atoms with Gasteiger partial charge in [-0.05, 0) is 37.6 Å². The first kappa shape index (κ1) is 20.5. The molecule has 2 N–H and O–H groups in total. The van der Waals surface area contributed by atoms with Gasteiger partial charge in [-0.1, -0.05) is 18.2 Å². The molecule has 0 aliphatic carbocycles. The molecule has 0 aromatic heterocycles. The van der Waals surface area contributed by atoms with Crippen molar-refractivity contribution in [2.24, 2.45) is 5.10 Å². The molecule has 0 atom stereocenters. The monoisotopic (exact) mass is 410 g/mol. The lowest BCUT2D eigenvalue weighted by Crippen LogP contribution is -2.33. The molecule has 1 heterocycles. The Kier molecular flexibility index (Phi) is 6.06. The van der Waals surface area contributed by atoms with Gasteiger partial charge in [-0.15, -0.1) is 0 Å². The molecular weight excluding hydrogens is 392 g/mol. The van der Waals surface area contributed by atoms with Crippen LogP contribution in [-0.2, 0) is 4.79 Å². The number of nitrogens with zero attached hydrogens (tertiary/aromatic N) is 2. The summed E-state index contributed by atoms with van der Waals surface area (Å²) in [5, 5.41) is 17.6. The fourth-order valence-electron chi connectivity index (χ4n) is 2.61. The maximum Gasteiger partial charge on any atom is 0.287 e. The van der Waals surface area contributed by atoms with Crippen LogP contribution in [0.15, 0.2) is 58.8 Å². The number of nitro benzene ring substituents is 1. The van der Waals surface area contributed by atoms with E-state index in [2.05, 4.69) is 15.8 Å². The summed E-state index contributed by atoms with van der Waals surface area (Å²) < 4.78 is 10.3. The fourth-order valence-corrected chi connectivity index (χ4v) is 2.61. The van der Waals surface area contributed by atoms with Gasteiger partial charge >= 0.3 is 0 Å². The van der Waals surface area contributed by atoms with Gasteiger partial charge in [0.05, 0.1) is 22.8 Å². The summed E-state index contributed by atoms with van der Waals surface area (Å²) in [6.45, 7) is 3.29. The summed E-state index contributed by atoms with van der Waals surface area (Å²) in [6, 6.07) is 11.1. The van der Waals surface area contributed by atoms with E-state index >= 15 is 0 Å². The Morgan fingerprint density at radius 3 is 2.43 bits per heavy atom. The molecule has 30 heavy (non-hydrogen) atoms. The van der Waals surface area contributed by atoms with E-state index in [1.165, 1.54) is 12.1 Å². The van der Waals surface area contributed by atoms with Gasteiger partial charge in [-0.2, -0.15) is 5.10 Å². The Bertz CT molecular complexity index is 1060. The summed E-state index contributed by atoms with van der Waals surface area (Å²) in [4.78, 5) is 35.5. The number of carbonyl (C=O) groups excluding carboxylic acids is 2. The number of nitro groups is 1. The van der Waals surface area contributed by atoms with E-state index in [0.29, 0.717) is 16.9 Å². The summed E-state index contributed by atoms with van der Waals surface area (Å²) in [5.74, 6) is -0.511. The Morgan fingerprint density at radius 1 is 1.13 bits per heavy atom. The Morgan fingerprint density at radius 2 is 1.80 bits per heavy atom. The molecule has 0 radical (unpaired) electrons. The zero-order valence-electron chi connectivity index (χ0n) is 16.2. The number of hydrogen-bond acceptors (Lipinski definition) is 7. The second-order valence-corrected chi connectivity index (χ2v) is 6.42. The maximum absolute atomic E-state index is 12.5. The SMILES string of the molecule is CC(C)=C(NC(=O)c1ccccc1)C(=O)N/N=C/c1cc2c(cc1[N+](=O)[O-])OCO2. The molecule has 2 amide bonds. The zero-order valence-corrected chi connectivity index (χ0v) is 16.2. The minimum atomic E-state index is -0.668. The Balaban J connectivity index is 1.73. The van der Waals surface area contributed by atoms with Gasteiger partial charge < -0.3 is 14.8 Å². The van der Waals surface area contributed by atoms with Crippen molar-refractivity contribution in [1.29, 1.82) is 0 Å². The molecule has 0 unspecified atom stereocenters. The van der Waals surface area contributed by atoms with Crippen molar-refractivity contribution < 1.29 is 24.0 Å². The predicted octanol–water partition coefficient (Wildman–Crippen LogP) is 2.50. The number of carbonyl (C=O) groups is 2. The van der Waals surface area contributed by atoms with Crippen molar-refractivity contribution in [2.45, 2.75) is 13.8 Å². The first-order valence-corrected chi connectivity index (χ1v) is 8.82. The van der Waals surface area contributed by atoms with Crippen molar-refractivity contribution in [2.75, 3.05) is 6.79 Å². The van der Waals surface area contributed by atoms with Crippen LogP contribution in [0.2, 0.25) is 0 Å². The van der Waals surface area contributed by atoms with Crippen LogP contribution in [0.1, 0.15) is 29.8 Å². The molecule has 0 bridgehead atoms. The van der Waals surface area contributed by atoms with Crippen LogP contribution in [0, 0.1) is 10.1 Å². The van der Waals surface area contributed by atoms with Crippen LogP contribution in [0.5, 0.6) is 11.5 Å². The molecule has 0 spiro atoms. The van der Waals surface area contributed by atoms with Gasteiger partial charge in [-0.3, -0.25) is 19.7 Å². The second kappa shape index (κ2) is 8.86. The van der Waals surface area contributed by atoms with E-state index in [4.69, 9.17) is 9.47 Å². The van der Waals surface area contributed by atoms with Crippen molar-refractivity contribution in [3.05, 3.63) is 75.0 Å². The molecule has 0 fully saturated rings. The molecular formula is C20H18N4O6. The van der Waals surface area contributed by atoms with Crippen LogP contribution in [0.3, 0.4) is 0 Å². The van der Waals surface area contributed by atoms with Crippen LogP contribution < -0.4 is 20.2 Å². The van der Waals surface area contributed by atoms with E-state index in [1.54, 1.807) is 44.2 Å². The van der Waals surface area contributed by atoms with Crippen molar-refractivity contribution in [1.82, 2.24) is 10.7 Å². The number of benzene rings is 2. The van der Waals surface area contributed by atoms with E-state index < -0.39 is 16.7 Å². The van der Waals surface area contributed by atoms with Crippen molar-refractivity contribution in [3.63, 3.8) is 0 Å². The highest BCUT2D eigenvalue weighted by atomic mass is 16.7. The molecule has 2 aromatic rings. The van der Waals surface area contributed by atoms with E-state index in [0.717, 1.165) is 6.21 Å². The summed E-state index contributed by atoms with van der Waals surface area (Å²) in [7, 11) is 0. The minimum Gasteiger partial charge on any atom is -0.454 e. The normalized spacial score (nSPS) is 11.8. The number of rotatable bonds is 6. The van der Waals surface area contributed by atoms with Gasteiger partial charge in [0.15, 0.2) is 11.5 Å². The van der Waals surface area contributed by atoms with Crippen LogP contribution in [-0.4, -0.2) is 29.7 Å². The highest BCUT2D eigenvalue weighted by molar-refractivity contribution is 6.03. The number of nitrogens with one attached hydrogen (secondary N) is 2. The number of allylic oxidation sites excluding steroid dienone is 1. The molecule has 2 aromatic carbocycles. The fraction of sp³-hybridized carbons (Fsp3) is 0.150. The second-order valence-electron chi connectivity index (χ2n) is 6.42. The summed E-state index contributed by atoms with van der Waals surface area (Å²) in [5.41, 5.74) is 3.11. The lowest BCUT2D eigenvalue weighted by molar-refractivity contribution is -0.385. The standard InChI is InChI=1S/C20H18N4O6/c1-12(2)18(22-19(25)13-6-4-3-5-7-13)20(26)23-21-10-14-8-16-17(30-11-29-16)9-15(14)24(27)28/h3-10H,11H2,1-2H3,(H,22,25)(H,23,26)/b21-10+. The molecule has 3 rings (SSSR count). The van der Waals surface area contributed by atoms with Crippen LogP contribution in [0.25, 0.3) is 0 Å².